The Morgan fingerprint density at radius 1 is 1.48 bits per heavy atom. The monoisotopic (exact) mass is 292 g/mol. The van der Waals surface area contributed by atoms with Crippen LogP contribution in [0.1, 0.15) is 37.1 Å². The first-order valence-electron chi connectivity index (χ1n) is 7.54. The van der Waals surface area contributed by atoms with Crippen molar-refractivity contribution >= 4 is 11.7 Å². The first-order valence-corrected chi connectivity index (χ1v) is 7.54. The molecule has 1 heterocycles. The number of aromatic nitrogens is 1. The van der Waals surface area contributed by atoms with Gasteiger partial charge in [-0.05, 0) is 44.7 Å². The molecule has 0 aliphatic heterocycles. The standard InChI is InChI=1S/C15H24N4O2/c1-3-19(8-9-21-4-2)15-12(14(16)18-20)10-11-6-5-7-13(11)17-15/h10,20H,3-9H2,1-2H3,(H2,16,18). The predicted molar refractivity (Wildman–Crippen MR) is 83.2 cm³/mol. The quantitative estimate of drug-likeness (QED) is 0.262. The molecule has 21 heavy (non-hydrogen) atoms. The maximum absolute atomic E-state index is 9.02. The van der Waals surface area contributed by atoms with Crippen molar-refractivity contribution in [3.8, 4) is 0 Å². The van der Waals surface area contributed by atoms with E-state index in [0.717, 1.165) is 43.9 Å². The lowest BCUT2D eigenvalue weighted by atomic mass is 10.1. The third kappa shape index (κ3) is 3.44. The number of pyridine rings is 1. The van der Waals surface area contributed by atoms with Gasteiger partial charge in [-0.1, -0.05) is 5.16 Å². The van der Waals surface area contributed by atoms with Crippen molar-refractivity contribution in [1.29, 1.82) is 0 Å². The topological polar surface area (TPSA) is 84.0 Å². The minimum absolute atomic E-state index is 0.113. The van der Waals surface area contributed by atoms with E-state index in [2.05, 4.69) is 17.0 Å². The van der Waals surface area contributed by atoms with Crippen LogP contribution >= 0.6 is 0 Å². The number of hydrogen-bond donors (Lipinski definition) is 2. The molecule has 6 heteroatoms. The number of fused-ring (bicyclic) bond motifs is 1. The van der Waals surface area contributed by atoms with Gasteiger partial charge in [0.1, 0.15) is 5.82 Å². The molecule has 2 rings (SSSR count). The van der Waals surface area contributed by atoms with Crippen LogP contribution in [0.3, 0.4) is 0 Å². The fraction of sp³-hybridized carbons (Fsp3) is 0.600. The minimum atomic E-state index is 0.113. The molecule has 1 aliphatic rings. The summed E-state index contributed by atoms with van der Waals surface area (Å²) in [5.41, 5.74) is 8.89. The average molecular weight is 292 g/mol. The Bertz CT molecular complexity index is 517. The van der Waals surface area contributed by atoms with E-state index in [0.29, 0.717) is 18.8 Å². The summed E-state index contributed by atoms with van der Waals surface area (Å²) in [6, 6.07) is 2.02. The molecule has 3 N–H and O–H groups in total. The van der Waals surface area contributed by atoms with Gasteiger partial charge in [0, 0.05) is 25.4 Å². The van der Waals surface area contributed by atoms with Crippen molar-refractivity contribution in [2.45, 2.75) is 33.1 Å². The molecule has 0 saturated heterocycles. The van der Waals surface area contributed by atoms with Gasteiger partial charge in [-0.25, -0.2) is 4.98 Å². The van der Waals surface area contributed by atoms with Crippen LogP contribution in [0.4, 0.5) is 5.82 Å². The molecule has 1 aromatic rings. The zero-order chi connectivity index (χ0) is 15.2. The summed E-state index contributed by atoms with van der Waals surface area (Å²) in [7, 11) is 0. The number of nitrogens with two attached hydrogens (primary N) is 1. The summed E-state index contributed by atoms with van der Waals surface area (Å²) in [6.07, 6.45) is 3.13. The summed E-state index contributed by atoms with van der Waals surface area (Å²) in [4.78, 5) is 6.88. The first-order chi connectivity index (χ1) is 10.2. The van der Waals surface area contributed by atoms with Crippen LogP contribution in [0.5, 0.6) is 0 Å². The third-order valence-electron chi connectivity index (χ3n) is 3.81. The smallest absolute Gasteiger partial charge is 0.173 e. The van der Waals surface area contributed by atoms with E-state index >= 15 is 0 Å². The molecule has 0 spiro atoms. The van der Waals surface area contributed by atoms with E-state index < -0.39 is 0 Å². The number of nitrogens with zero attached hydrogens (tertiary/aromatic N) is 3. The normalized spacial score (nSPS) is 14.3. The Kier molecular flexibility index (Phi) is 5.38. The van der Waals surface area contributed by atoms with E-state index in [4.69, 9.17) is 20.7 Å². The molecule has 0 amide bonds. The van der Waals surface area contributed by atoms with Gasteiger partial charge < -0.3 is 20.6 Å². The second-order valence-corrected chi connectivity index (χ2v) is 5.08. The van der Waals surface area contributed by atoms with E-state index in [9.17, 15) is 0 Å². The summed E-state index contributed by atoms with van der Waals surface area (Å²) < 4.78 is 5.43. The average Bonchev–Trinajstić information content (AvgIpc) is 2.97. The van der Waals surface area contributed by atoms with Gasteiger partial charge in [0.2, 0.25) is 0 Å². The van der Waals surface area contributed by atoms with Gasteiger partial charge in [-0.15, -0.1) is 0 Å². The number of ether oxygens (including phenoxy) is 1. The van der Waals surface area contributed by atoms with Gasteiger partial charge in [0.15, 0.2) is 5.84 Å². The number of rotatable bonds is 7. The Balaban J connectivity index is 2.34. The number of oxime groups is 1. The van der Waals surface area contributed by atoms with Gasteiger partial charge in [-0.3, -0.25) is 0 Å². The highest BCUT2D eigenvalue weighted by Gasteiger charge is 2.21. The van der Waals surface area contributed by atoms with Crippen LogP contribution in [0.25, 0.3) is 0 Å². The van der Waals surface area contributed by atoms with Gasteiger partial charge in [-0.2, -0.15) is 0 Å². The van der Waals surface area contributed by atoms with Crippen molar-refractivity contribution in [2.24, 2.45) is 10.9 Å². The zero-order valence-corrected chi connectivity index (χ0v) is 12.8. The fourth-order valence-electron chi connectivity index (χ4n) is 2.68. The largest absolute Gasteiger partial charge is 0.409 e. The third-order valence-corrected chi connectivity index (χ3v) is 3.81. The van der Waals surface area contributed by atoms with Crippen molar-refractivity contribution in [2.75, 3.05) is 31.2 Å². The van der Waals surface area contributed by atoms with E-state index in [1.807, 2.05) is 13.0 Å². The molecular formula is C15H24N4O2. The molecule has 6 nitrogen and oxygen atoms in total. The number of likely N-dealkylation sites (N-methyl/N-ethyl adjacent to an activating group) is 1. The molecular weight excluding hydrogens is 268 g/mol. The van der Waals surface area contributed by atoms with Gasteiger partial charge in [0.25, 0.3) is 0 Å². The molecule has 0 bridgehead atoms. The molecule has 1 aromatic heterocycles. The summed E-state index contributed by atoms with van der Waals surface area (Å²) in [5, 5.41) is 12.2. The maximum Gasteiger partial charge on any atom is 0.173 e. The lowest BCUT2D eigenvalue weighted by Gasteiger charge is -2.25. The van der Waals surface area contributed by atoms with Crippen molar-refractivity contribution in [1.82, 2.24) is 4.98 Å². The van der Waals surface area contributed by atoms with Crippen LogP contribution in [-0.4, -0.2) is 42.3 Å². The Hall–Kier alpha value is -1.82. The number of anilines is 1. The van der Waals surface area contributed by atoms with Crippen molar-refractivity contribution < 1.29 is 9.94 Å². The molecule has 0 atom stereocenters. The molecule has 0 saturated carbocycles. The minimum Gasteiger partial charge on any atom is -0.409 e. The Morgan fingerprint density at radius 2 is 2.29 bits per heavy atom. The lowest BCUT2D eigenvalue weighted by Crippen LogP contribution is -2.31. The SMILES string of the molecule is CCOCCN(CC)c1nc2c(cc1C(N)=NO)CCC2. The molecule has 0 unspecified atom stereocenters. The Morgan fingerprint density at radius 3 is 2.95 bits per heavy atom. The number of aryl methyl sites for hydroxylation is 2. The van der Waals surface area contributed by atoms with E-state index in [1.165, 1.54) is 5.56 Å². The summed E-state index contributed by atoms with van der Waals surface area (Å²) in [6.45, 7) is 6.91. The number of hydrogen-bond acceptors (Lipinski definition) is 5. The van der Waals surface area contributed by atoms with Crippen LogP contribution in [0.2, 0.25) is 0 Å². The maximum atomic E-state index is 9.02. The second kappa shape index (κ2) is 7.26. The first kappa shape index (κ1) is 15.6. The van der Waals surface area contributed by atoms with Crippen molar-refractivity contribution in [3.63, 3.8) is 0 Å². The van der Waals surface area contributed by atoms with Gasteiger partial charge in [0.05, 0.1) is 12.2 Å². The lowest BCUT2D eigenvalue weighted by molar-refractivity contribution is 0.154. The van der Waals surface area contributed by atoms with Gasteiger partial charge >= 0.3 is 0 Å². The second-order valence-electron chi connectivity index (χ2n) is 5.08. The van der Waals surface area contributed by atoms with Crippen LogP contribution in [0, 0.1) is 0 Å². The summed E-state index contributed by atoms with van der Waals surface area (Å²) in [5.74, 6) is 0.898. The highest BCUT2D eigenvalue weighted by molar-refractivity contribution is 6.01. The number of amidine groups is 1. The molecule has 0 aromatic carbocycles. The fourth-order valence-corrected chi connectivity index (χ4v) is 2.68. The van der Waals surface area contributed by atoms with Crippen LogP contribution < -0.4 is 10.6 Å². The van der Waals surface area contributed by atoms with Crippen LogP contribution in [0.15, 0.2) is 11.2 Å². The van der Waals surface area contributed by atoms with Crippen LogP contribution in [-0.2, 0) is 17.6 Å². The Labute approximate surface area is 125 Å². The molecule has 1 aliphatic carbocycles. The zero-order valence-electron chi connectivity index (χ0n) is 12.8. The van der Waals surface area contributed by atoms with E-state index in [-0.39, 0.29) is 5.84 Å². The van der Waals surface area contributed by atoms with E-state index in [1.54, 1.807) is 0 Å². The predicted octanol–water partition coefficient (Wildman–Crippen LogP) is 1.53. The summed E-state index contributed by atoms with van der Waals surface area (Å²) >= 11 is 0. The molecule has 0 radical (unpaired) electrons. The molecule has 0 fully saturated rings. The highest BCUT2D eigenvalue weighted by atomic mass is 16.5. The highest BCUT2D eigenvalue weighted by Crippen LogP contribution is 2.27. The molecule has 116 valence electrons. The van der Waals surface area contributed by atoms with Crippen molar-refractivity contribution in [3.05, 3.63) is 22.9 Å².